The molecular weight excluding hydrogens is 496 g/mol. The molecule has 0 bridgehead atoms. The predicted molar refractivity (Wildman–Crippen MR) is 139 cm³/mol. The van der Waals surface area contributed by atoms with Gasteiger partial charge in [0.25, 0.3) is 0 Å². The van der Waals surface area contributed by atoms with Gasteiger partial charge in [-0.25, -0.2) is 28.4 Å². The van der Waals surface area contributed by atoms with Gasteiger partial charge in [0.05, 0.1) is 32.8 Å². The molecule has 0 saturated heterocycles. The van der Waals surface area contributed by atoms with Crippen molar-refractivity contribution in [3.63, 3.8) is 0 Å². The second-order valence-corrected chi connectivity index (χ2v) is 10.5. The molecule has 3 aromatic heterocycles. The highest BCUT2D eigenvalue weighted by atomic mass is 32.2. The first-order chi connectivity index (χ1) is 17.9. The topological polar surface area (TPSA) is 130 Å². The third-order valence-electron chi connectivity index (χ3n) is 5.99. The summed E-state index contributed by atoms with van der Waals surface area (Å²) in [6.07, 6.45) is 4.20. The summed E-state index contributed by atoms with van der Waals surface area (Å²) >= 11 is 0. The van der Waals surface area contributed by atoms with E-state index in [2.05, 4.69) is 19.7 Å². The smallest absolute Gasteiger partial charge is 0.233 e. The number of imidazole rings is 1. The Morgan fingerprint density at radius 3 is 2.43 bits per heavy atom. The quantitative estimate of drug-likeness (QED) is 0.311. The van der Waals surface area contributed by atoms with Crippen molar-refractivity contribution in [2.24, 2.45) is 5.92 Å². The lowest BCUT2D eigenvalue weighted by molar-refractivity contribution is 0.327. The lowest BCUT2D eigenvalue weighted by atomic mass is 10.2. The number of nitrogens with zero attached hydrogens (tertiary/aromatic N) is 5. The van der Waals surface area contributed by atoms with Gasteiger partial charge >= 0.3 is 0 Å². The summed E-state index contributed by atoms with van der Waals surface area (Å²) in [5.41, 5.74) is 1.67. The number of fused-ring (bicyclic) bond motifs is 1. The Labute approximate surface area is 214 Å². The fraction of sp³-hybridized carbons (Fsp3) is 0.360. The first-order valence-electron chi connectivity index (χ1n) is 12.0. The number of sulfonamides is 1. The van der Waals surface area contributed by atoms with Crippen molar-refractivity contribution in [1.82, 2.24) is 24.5 Å². The molecule has 0 spiro atoms. The molecule has 0 atom stereocenters. The highest BCUT2D eigenvalue weighted by Crippen LogP contribution is 2.38. The molecule has 0 unspecified atom stereocenters. The van der Waals surface area contributed by atoms with E-state index in [1.807, 2.05) is 19.1 Å². The minimum absolute atomic E-state index is 0.0453. The molecule has 3 heterocycles. The summed E-state index contributed by atoms with van der Waals surface area (Å²) in [4.78, 5) is 18.3. The largest absolute Gasteiger partial charge is 0.494 e. The summed E-state index contributed by atoms with van der Waals surface area (Å²) in [5, 5.41) is 0. The van der Waals surface area contributed by atoms with Crippen LogP contribution in [0.3, 0.4) is 0 Å². The number of pyridine rings is 1. The maximum atomic E-state index is 12.6. The third-order valence-corrected chi connectivity index (χ3v) is 7.29. The van der Waals surface area contributed by atoms with Crippen LogP contribution in [0.25, 0.3) is 28.5 Å². The summed E-state index contributed by atoms with van der Waals surface area (Å²) in [6, 6.07) is 10.8. The fourth-order valence-corrected chi connectivity index (χ4v) is 5.21. The van der Waals surface area contributed by atoms with E-state index in [-0.39, 0.29) is 17.2 Å². The van der Waals surface area contributed by atoms with Crippen molar-refractivity contribution in [1.29, 1.82) is 0 Å². The molecule has 194 valence electrons. The van der Waals surface area contributed by atoms with Gasteiger partial charge in [-0.3, -0.25) is 9.29 Å². The number of hydrogen-bond acceptors (Lipinski definition) is 9. The van der Waals surface area contributed by atoms with Crippen molar-refractivity contribution >= 4 is 27.1 Å². The maximum Gasteiger partial charge on any atom is 0.233 e. The molecule has 1 aromatic carbocycles. The molecule has 1 saturated carbocycles. The van der Waals surface area contributed by atoms with Crippen molar-refractivity contribution < 1.29 is 22.6 Å². The number of para-hydroxylation sites is 1. The van der Waals surface area contributed by atoms with Crippen LogP contribution in [0.4, 0.5) is 5.82 Å². The van der Waals surface area contributed by atoms with Gasteiger partial charge in [0.1, 0.15) is 22.9 Å². The van der Waals surface area contributed by atoms with E-state index in [1.165, 1.54) is 6.20 Å². The van der Waals surface area contributed by atoms with Crippen LogP contribution in [0.1, 0.15) is 26.2 Å². The average Bonchev–Trinajstić information content (AvgIpc) is 3.66. The number of anilines is 1. The Morgan fingerprint density at radius 2 is 1.76 bits per heavy atom. The van der Waals surface area contributed by atoms with Crippen molar-refractivity contribution in [3.05, 3.63) is 42.6 Å². The molecule has 12 heteroatoms. The van der Waals surface area contributed by atoms with E-state index in [0.717, 1.165) is 12.8 Å². The highest BCUT2D eigenvalue weighted by molar-refractivity contribution is 7.92. The van der Waals surface area contributed by atoms with Crippen LogP contribution in [0.2, 0.25) is 0 Å². The normalized spacial score (nSPS) is 13.5. The van der Waals surface area contributed by atoms with Crippen LogP contribution < -0.4 is 18.9 Å². The Morgan fingerprint density at radius 1 is 1.03 bits per heavy atom. The number of nitrogens with one attached hydrogen (secondary N) is 1. The summed E-state index contributed by atoms with van der Waals surface area (Å²) in [5.74, 6) is 2.54. The fourth-order valence-electron chi connectivity index (χ4n) is 4.05. The molecule has 0 amide bonds. The van der Waals surface area contributed by atoms with Gasteiger partial charge in [-0.2, -0.15) is 0 Å². The van der Waals surface area contributed by atoms with Gasteiger partial charge in [0.2, 0.25) is 15.9 Å². The molecule has 1 aliphatic rings. The Balaban J connectivity index is 1.65. The number of methoxy groups -OCH3 is 2. The molecule has 5 rings (SSSR count). The molecule has 1 N–H and O–H groups in total. The van der Waals surface area contributed by atoms with E-state index in [0.29, 0.717) is 59.2 Å². The molecule has 4 aromatic rings. The van der Waals surface area contributed by atoms with Crippen molar-refractivity contribution in [2.75, 3.05) is 31.3 Å². The Kier molecular flexibility index (Phi) is 6.83. The second-order valence-electron chi connectivity index (χ2n) is 8.63. The lowest BCUT2D eigenvalue weighted by Gasteiger charge is -2.16. The zero-order valence-electron chi connectivity index (χ0n) is 20.8. The molecule has 1 fully saturated rings. The van der Waals surface area contributed by atoms with Gasteiger partial charge in [0.15, 0.2) is 22.9 Å². The van der Waals surface area contributed by atoms with Gasteiger partial charge in [-0.05, 0) is 37.5 Å². The Hall–Kier alpha value is -3.93. The zero-order chi connectivity index (χ0) is 26.0. The van der Waals surface area contributed by atoms with Crippen LogP contribution in [0.5, 0.6) is 17.4 Å². The first kappa shape index (κ1) is 24.8. The minimum Gasteiger partial charge on any atom is -0.494 e. The number of benzene rings is 1. The molecular formula is C25H28N6O5S. The van der Waals surface area contributed by atoms with Crippen LogP contribution >= 0.6 is 0 Å². The van der Waals surface area contributed by atoms with Crippen LogP contribution in [0.15, 0.2) is 42.6 Å². The van der Waals surface area contributed by atoms with E-state index in [9.17, 15) is 8.42 Å². The second kappa shape index (κ2) is 10.2. The standard InChI is InChI=1S/C25H28N6O5S/c1-4-36-21-10-5-7-17(27-21)24-29-23-25(31(24)22-18(34-2)8-6-9-19(22)35-3)26-15-20(28-23)30-37(32,33)14-13-16-11-12-16/h5-10,15-16H,4,11-14H2,1-3H3,(H,28,30). The predicted octanol–water partition coefficient (Wildman–Crippen LogP) is 3.84. The van der Waals surface area contributed by atoms with Crippen molar-refractivity contribution in [2.45, 2.75) is 26.2 Å². The molecule has 11 nitrogen and oxygen atoms in total. The van der Waals surface area contributed by atoms with E-state index in [1.54, 1.807) is 43.1 Å². The Bertz CT molecular complexity index is 1510. The zero-order valence-corrected chi connectivity index (χ0v) is 21.7. The molecule has 0 radical (unpaired) electrons. The van der Waals surface area contributed by atoms with Gasteiger partial charge in [0, 0.05) is 6.07 Å². The third kappa shape index (κ3) is 5.29. The number of aromatic nitrogens is 5. The minimum atomic E-state index is -3.56. The van der Waals surface area contributed by atoms with E-state index < -0.39 is 10.0 Å². The van der Waals surface area contributed by atoms with E-state index >= 15 is 0 Å². The van der Waals surface area contributed by atoms with Gasteiger partial charge < -0.3 is 14.2 Å². The summed E-state index contributed by atoms with van der Waals surface area (Å²) < 4.78 is 46.3. The summed E-state index contributed by atoms with van der Waals surface area (Å²) in [7, 11) is -0.434. The van der Waals surface area contributed by atoms with Crippen molar-refractivity contribution in [3.8, 4) is 34.6 Å². The molecule has 37 heavy (non-hydrogen) atoms. The molecule has 0 aliphatic heterocycles. The van der Waals surface area contributed by atoms with Crippen LogP contribution in [-0.4, -0.2) is 59.5 Å². The number of rotatable bonds is 11. The number of hydrogen-bond donors (Lipinski definition) is 1. The monoisotopic (exact) mass is 524 g/mol. The van der Waals surface area contributed by atoms with E-state index in [4.69, 9.17) is 19.2 Å². The number of ether oxygens (including phenoxy) is 3. The lowest BCUT2D eigenvalue weighted by Crippen LogP contribution is -2.18. The van der Waals surface area contributed by atoms with Gasteiger partial charge in [-0.1, -0.05) is 25.0 Å². The van der Waals surface area contributed by atoms with Gasteiger partial charge in [-0.15, -0.1) is 0 Å². The summed E-state index contributed by atoms with van der Waals surface area (Å²) in [6.45, 7) is 2.34. The molecule has 1 aliphatic carbocycles. The van der Waals surface area contributed by atoms with Crippen LogP contribution in [0, 0.1) is 5.92 Å². The average molecular weight is 525 g/mol. The van der Waals surface area contributed by atoms with Crippen LogP contribution in [-0.2, 0) is 10.0 Å². The highest BCUT2D eigenvalue weighted by Gasteiger charge is 2.26. The maximum absolute atomic E-state index is 12.6. The SMILES string of the molecule is CCOc1cccc(-c2nc3nc(NS(=O)(=O)CCC4CC4)cnc3n2-c2c(OC)cccc2OC)n1. The first-order valence-corrected chi connectivity index (χ1v) is 13.6.